The molecule has 7 nitrogen and oxygen atoms in total. The van der Waals surface area contributed by atoms with Gasteiger partial charge in [0.25, 0.3) is 5.91 Å². The second kappa shape index (κ2) is 7.65. The number of amides is 3. The molecule has 0 aromatic heterocycles. The maximum atomic E-state index is 13.7. The van der Waals surface area contributed by atoms with Crippen LogP contribution in [0.25, 0.3) is 0 Å². The molecule has 0 unspecified atom stereocenters. The van der Waals surface area contributed by atoms with E-state index in [-0.39, 0.29) is 16.9 Å². The quantitative estimate of drug-likeness (QED) is 0.736. The predicted molar refractivity (Wildman–Crippen MR) is 101 cm³/mol. The molecule has 0 saturated heterocycles. The Labute approximate surface area is 168 Å². The third-order valence-corrected chi connectivity index (χ3v) is 6.39. The number of imide groups is 1. The number of esters is 1. The molecule has 0 heterocycles. The molecule has 29 heavy (non-hydrogen) atoms. The lowest BCUT2D eigenvalue weighted by molar-refractivity contribution is -0.123. The Hall–Kier alpha value is -2.64. The minimum atomic E-state index is -0.858. The van der Waals surface area contributed by atoms with Crippen molar-refractivity contribution in [3.8, 4) is 5.75 Å². The van der Waals surface area contributed by atoms with Crippen LogP contribution in [0, 0.1) is 23.6 Å². The fourth-order valence-corrected chi connectivity index (χ4v) is 5.71. The summed E-state index contributed by atoms with van der Waals surface area (Å²) in [6.07, 6.45) is 6.67. The van der Waals surface area contributed by atoms with E-state index in [1.165, 1.54) is 38.5 Å². The van der Waals surface area contributed by atoms with Crippen LogP contribution < -0.4 is 15.4 Å². The molecule has 2 N–H and O–H groups in total. The standard InChI is InChI=1S/C21H25FN2O5/c1-28-17-3-2-15(7-16(17)22)19(26)29-11-18(25)23-20(27)24-21-8-12-4-13(9-21)6-14(5-12)10-21/h2-3,7,12-14H,4-6,8-11H2,1H3,(H2,23,24,25,27). The van der Waals surface area contributed by atoms with Gasteiger partial charge in [-0.2, -0.15) is 0 Å². The second-order valence-electron chi connectivity index (χ2n) is 8.63. The molecule has 1 aromatic carbocycles. The molecule has 0 atom stereocenters. The number of hydrogen-bond acceptors (Lipinski definition) is 5. The SMILES string of the molecule is COc1ccc(C(=O)OCC(=O)NC(=O)NC23CC4CC(CC(C4)C2)C3)cc1F. The minimum Gasteiger partial charge on any atom is -0.494 e. The Kier molecular flexibility index (Phi) is 5.19. The molecule has 3 amide bonds. The van der Waals surface area contributed by atoms with Crippen molar-refractivity contribution < 1.29 is 28.2 Å². The summed E-state index contributed by atoms with van der Waals surface area (Å²) in [6, 6.07) is 3.05. The van der Waals surface area contributed by atoms with Gasteiger partial charge < -0.3 is 14.8 Å². The molecule has 4 saturated carbocycles. The molecule has 0 aliphatic heterocycles. The van der Waals surface area contributed by atoms with Gasteiger partial charge in [-0.1, -0.05) is 0 Å². The number of urea groups is 1. The number of methoxy groups -OCH3 is 1. The summed E-state index contributed by atoms with van der Waals surface area (Å²) in [4.78, 5) is 36.3. The van der Waals surface area contributed by atoms with Crippen molar-refractivity contribution in [2.45, 2.75) is 44.1 Å². The van der Waals surface area contributed by atoms with Crippen molar-refractivity contribution in [3.63, 3.8) is 0 Å². The maximum absolute atomic E-state index is 13.7. The monoisotopic (exact) mass is 404 g/mol. The van der Waals surface area contributed by atoms with Crippen LogP contribution in [0.4, 0.5) is 9.18 Å². The summed E-state index contributed by atoms with van der Waals surface area (Å²) in [6.45, 7) is -0.624. The molecule has 0 spiro atoms. The Morgan fingerprint density at radius 1 is 1.10 bits per heavy atom. The summed E-state index contributed by atoms with van der Waals surface area (Å²) in [5.74, 6) is -0.283. The first-order valence-electron chi connectivity index (χ1n) is 9.98. The first kappa shape index (κ1) is 19.7. The largest absolute Gasteiger partial charge is 0.494 e. The molecule has 4 aliphatic rings. The molecular formula is C21H25FN2O5. The second-order valence-corrected chi connectivity index (χ2v) is 8.63. The van der Waals surface area contributed by atoms with Gasteiger partial charge in [-0.25, -0.2) is 14.0 Å². The van der Waals surface area contributed by atoms with E-state index in [4.69, 9.17) is 9.47 Å². The van der Waals surface area contributed by atoms with E-state index >= 15 is 0 Å². The van der Waals surface area contributed by atoms with Crippen LogP contribution in [0.3, 0.4) is 0 Å². The lowest BCUT2D eigenvalue weighted by Gasteiger charge is -2.56. The number of ether oxygens (including phenoxy) is 2. The highest BCUT2D eigenvalue weighted by molar-refractivity contribution is 5.97. The summed E-state index contributed by atoms with van der Waals surface area (Å²) < 4.78 is 23.3. The summed E-state index contributed by atoms with van der Waals surface area (Å²) in [7, 11) is 1.31. The molecule has 5 rings (SSSR count). The van der Waals surface area contributed by atoms with E-state index in [0.717, 1.165) is 25.3 Å². The fraction of sp³-hybridized carbons (Fsp3) is 0.571. The molecule has 4 fully saturated rings. The third kappa shape index (κ3) is 4.21. The first-order chi connectivity index (χ1) is 13.9. The highest BCUT2D eigenvalue weighted by Crippen LogP contribution is 2.55. The van der Waals surface area contributed by atoms with Crippen molar-refractivity contribution in [1.29, 1.82) is 0 Å². The molecule has 156 valence electrons. The van der Waals surface area contributed by atoms with E-state index in [2.05, 4.69) is 10.6 Å². The van der Waals surface area contributed by atoms with Crippen LogP contribution >= 0.6 is 0 Å². The number of halogens is 1. The van der Waals surface area contributed by atoms with Crippen LogP contribution in [0.1, 0.15) is 48.9 Å². The van der Waals surface area contributed by atoms with E-state index in [9.17, 15) is 18.8 Å². The van der Waals surface area contributed by atoms with Gasteiger partial charge in [-0.05, 0) is 74.5 Å². The summed E-state index contributed by atoms with van der Waals surface area (Å²) in [5, 5.41) is 5.25. The lowest BCUT2D eigenvalue weighted by Crippen LogP contribution is -2.62. The van der Waals surface area contributed by atoms with Crippen molar-refractivity contribution in [1.82, 2.24) is 10.6 Å². The van der Waals surface area contributed by atoms with Crippen LogP contribution in [0.15, 0.2) is 18.2 Å². The highest BCUT2D eigenvalue weighted by atomic mass is 19.1. The zero-order valence-corrected chi connectivity index (χ0v) is 16.3. The minimum absolute atomic E-state index is 0.000593. The molecule has 8 heteroatoms. The van der Waals surface area contributed by atoms with Crippen LogP contribution in [-0.2, 0) is 9.53 Å². The number of benzene rings is 1. The average molecular weight is 404 g/mol. The van der Waals surface area contributed by atoms with Gasteiger partial charge in [0.1, 0.15) is 0 Å². The zero-order chi connectivity index (χ0) is 20.6. The predicted octanol–water partition coefficient (Wildman–Crippen LogP) is 2.79. The van der Waals surface area contributed by atoms with Gasteiger partial charge in [0, 0.05) is 5.54 Å². The zero-order valence-electron chi connectivity index (χ0n) is 16.3. The molecule has 4 bridgehead atoms. The lowest BCUT2D eigenvalue weighted by atomic mass is 9.53. The van der Waals surface area contributed by atoms with Gasteiger partial charge in [0.05, 0.1) is 12.7 Å². The number of hydrogen-bond donors (Lipinski definition) is 2. The molecule has 0 radical (unpaired) electrons. The Morgan fingerprint density at radius 3 is 2.28 bits per heavy atom. The molecule has 4 aliphatic carbocycles. The van der Waals surface area contributed by atoms with Crippen LogP contribution in [0.5, 0.6) is 5.75 Å². The van der Waals surface area contributed by atoms with Crippen LogP contribution in [-0.4, -0.2) is 37.2 Å². The van der Waals surface area contributed by atoms with Gasteiger partial charge in [-0.15, -0.1) is 0 Å². The van der Waals surface area contributed by atoms with Gasteiger partial charge >= 0.3 is 12.0 Å². The number of rotatable bonds is 5. The average Bonchev–Trinajstić information content (AvgIpc) is 2.64. The fourth-order valence-electron chi connectivity index (χ4n) is 5.71. The third-order valence-electron chi connectivity index (χ3n) is 6.39. The van der Waals surface area contributed by atoms with Gasteiger partial charge in [0.2, 0.25) is 0 Å². The van der Waals surface area contributed by atoms with Crippen LogP contribution in [0.2, 0.25) is 0 Å². The van der Waals surface area contributed by atoms with E-state index in [0.29, 0.717) is 17.8 Å². The van der Waals surface area contributed by atoms with Gasteiger partial charge in [0.15, 0.2) is 18.2 Å². The van der Waals surface area contributed by atoms with E-state index in [1.807, 2.05) is 0 Å². The van der Waals surface area contributed by atoms with E-state index in [1.54, 1.807) is 0 Å². The normalized spacial score (nSPS) is 29.2. The number of nitrogens with one attached hydrogen (secondary N) is 2. The Balaban J connectivity index is 1.26. The maximum Gasteiger partial charge on any atom is 0.338 e. The van der Waals surface area contributed by atoms with Gasteiger partial charge in [-0.3, -0.25) is 10.1 Å². The van der Waals surface area contributed by atoms with Crippen molar-refractivity contribution in [3.05, 3.63) is 29.6 Å². The molecule has 1 aromatic rings. The Morgan fingerprint density at radius 2 is 1.72 bits per heavy atom. The molecular weight excluding hydrogens is 379 g/mol. The van der Waals surface area contributed by atoms with Crippen molar-refractivity contribution in [2.75, 3.05) is 13.7 Å². The number of carbonyl (C=O) groups is 3. The smallest absolute Gasteiger partial charge is 0.338 e. The van der Waals surface area contributed by atoms with Crippen molar-refractivity contribution >= 4 is 17.9 Å². The topological polar surface area (TPSA) is 93.7 Å². The number of carbonyl (C=O) groups excluding carboxylic acids is 3. The van der Waals surface area contributed by atoms with E-state index < -0.39 is 30.3 Å². The van der Waals surface area contributed by atoms with Crippen molar-refractivity contribution in [2.24, 2.45) is 17.8 Å². The highest BCUT2D eigenvalue weighted by Gasteiger charge is 2.51. The summed E-state index contributed by atoms with van der Waals surface area (Å²) in [5.41, 5.74) is -0.259. The summed E-state index contributed by atoms with van der Waals surface area (Å²) >= 11 is 0. The first-order valence-corrected chi connectivity index (χ1v) is 9.98. The Bertz CT molecular complexity index is 805.